The number of carbonyl (C=O) groups excluding carboxylic acids is 2. The molecule has 2 aliphatic rings. The van der Waals surface area contributed by atoms with E-state index in [1.54, 1.807) is 17.0 Å². The first-order valence-electron chi connectivity index (χ1n) is 8.03. The number of hydrogen-bond donors (Lipinski definition) is 1. The molecular formula is C18H18N2O4. The fourth-order valence-electron chi connectivity index (χ4n) is 2.71. The third kappa shape index (κ3) is 2.87. The van der Waals surface area contributed by atoms with Crippen molar-refractivity contribution in [1.29, 1.82) is 0 Å². The van der Waals surface area contributed by atoms with Gasteiger partial charge in [-0.05, 0) is 49.6 Å². The summed E-state index contributed by atoms with van der Waals surface area (Å²) in [5.74, 6) is 1.20. The Bertz CT molecular complexity index is 807. The number of amides is 2. The summed E-state index contributed by atoms with van der Waals surface area (Å²) in [5, 5.41) is 2.88. The standard InChI is InChI=1S/C18H18N2O4/c1-11-2-6-14-16(8-11)23-10-17(21)20(14)9-13-5-7-15(24-13)18(22)19-12-3-4-12/h2,5-8,12H,3-4,9-10H2,1H3,(H,19,22). The SMILES string of the molecule is Cc1ccc2c(c1)OCC(=O)N2Cc1ccc(C(=O)NC2CC2)o1. The summed E-state index contributed by atoms with van der Waals surface area (Å²) in [6.45, 7) is 2.25. The number of hydrogen-bond acceptors (Lipinski definition) is 4. The molecule has 1 N–H and O–H groups in total. The lowest BCUT2D eigenvalue weighted by Gasteiger charge is -2.28. The molecule has 4 rings (SSSR count). The second kappa shape index (κ2) is 5.70. The number of fused-ring (bicyclic) bond motifs is 1. The van der Waals surface area contributed by atoms with Crippen LogP contribution in [0.25, 0.3) is 0 Å². The van der Waals surface area contributed by atoms with Gasteiger partial charge in [0.1, 0.15) is 11.5 Å². The number of furan rings is 1. The van der Waals surface area contributed by atoms with Gasteiger partial charge in [-0.25, -0.2) is 0 Å². The molecule has 0 spiro atoms. The molecule has 1 aliphatic heterocycles. The van der Waals surface area contributed by atoms with E-state index in [4.69, 9.17) is 9.15 Å². The van der Waals surface area contributed by atoms with E-state index in [1.807, 2.05) is 25.1 Å². The van der Waals surface area contributed by atoms with Crippen LogP contribution >= 0.6 is 0 Å². The average molecular weight is 326 g/mol. The fourth-order valence-corrected chi connectivity index (χ4v) is 2.71. The highest BCUT2D eigenvalue weighted by Gasteiger charge is 2.28. The maximum absolute atomic E-state index is 12.2. The summed E-state index contributed by atoms with van der Waals surface area (Å²) in [7, 11) is 0. The van der Waals surface area contributed by atoms with E-state index in [0.717, 1.165) is 24.1 Å². The minimum Gasteiger partial charge on any atom is -0.482 e. The van der Waals surface area contributed by atoms with Gasteiger partial charge in [0, 0.05) is 6.04 Å². The first-order valence-corrected chi connectivity index (χ1v) is 8.03. The largest absolute Gasteiger partial charge is 0.482 e. The molecule has 124 valence electrons. The van der Waals surface area contributed by atoms with Crippen molar-refractivity contribution in [3.8, 4) is 5.75 Å². The van der Waals surface area contributed by atoms with Crippen LogP contribution in [0.4, 0.5) is 5.69 Å². The lowest BCUT2D eigenvalue weighted by molar-refractivity contribution is -0.121. The van der Waals surface area contributed by atoms with Crippen LogP contribution in [0.3, 0.4) is 0 Å². The van der Waals surface area contributed by atoms with Gasteiger partial charge in [-0.15, -0.1) is 0 Å². The molecule has 6 heteroatoms. The zero-order valence-electron chi connectivity index (χ0n) is 13.4. The molecule has 1 saturated carbocycles. The van der Waals surface area contributed by atoms with E-state index in [1.165, 1.54) is 0 Å². The van der Waals surface area contributed by atoms with E-state index in [0.29, 0.717) is 11.5 Å². The Balaban J connectivity index is 1.53. The van der Waals surface area contributed by atoms with Crippen LogP contribution in [0.2, 0.25) is 0 Å². The first kappa shape index (κ1) is 14.8. The van der Waals surface area contributed by atoms with Crippen molar-refractivity contribution in [2.24, 2.45) is 0 Å². The van der Waals surface area contributed by atoms with Crippen molar-refractivity contribution in [3.05, 3.63) is 47.4 Å². The summed E-state index contributed by atoms with van der Waals surface area (Å²) < 4.78 is 11.1. The highest BCUT2D eigenvalue weighted by Crippen LogP contribution is 2.34. The van der Waals surface area contributed by atoms with Gasteiger partial charge in [0.05, 0.1) is 12.2 Å². The summed E-state index contributed by atoms with van der Waals surface area (Å²) in [6, 6.07) is 9.37. The zero-order valence-corrected chi connectivity index (χ0v) is 13.4. The van der Waals surface area contributed by atoms with Gasteiger partial charge in [-0.1, -0.05) is 6.07 Å². The molecule has 0 atom stereocenters. The lowest BCUT2D eigenvalue weighted by atomic mass is 10.1. The van der Waals surface area contributed by atoms with Crippen LogP contribution in [0.1, 0.15) is 34.7 Å². The predicted molar refractivity (Wildman–Crippen MR) is 87.1 cm³/mol. The number of anilines is 1. The van der Waals surface area contributed by atoms with Gasteiger partial charge in [-0.2, -0.15) is 0 Å². The molecule has 1 aromatic carbocycles. The summed E-state index contributed by atoms with van der Waals surface area (Å²) in [6.07, 6.45) is 2.05. The zero-order chi connectivity index (χ0) is 16.7. The van der Waals surface area contributed by atoms with Gasteiger partial charge in [0.2, 0.25) is 0 Å². The van der Waals surface area contributed by atoms with Crippen molar-refractivity contribution in [2.45, 2.75) is 32.4 Å². The predicted octanol–water partition coefficient (Wildman–Crippen LogP) is 2.41. The summed E-state index contributed by atoms with van der Waals surface area (Å²) >= 11 is 0. The lowest BCUT2D eigenvalue weighted by Crippen LogP contribution is -2.38. The maximum atomic E-state index is 12.2. The molecule has 2 aromatic rings. The molecular weight excluding hydrogens is 308 g/mol. The minimum atomic E-state index is -0.201. The average Bonchev–Trinajstić information content (AvgIpc) is 3.24. The van der Waals surface area contributed by atoms with Crippen LogP contribution < -0.4 is 15.0 Å². The van der Waals surface area contributed by atoms with E-state index in [-0.39, 0.29) is 36.8 Å². The van der Waals surface area contributed by atoms with Crippen molar-refractivity contribution in [2.75, 3.05) is 11.5 Å². The number of carbonyl (C=O) groups is 2. The van der Waals surface area contributed by atoms with Gasteiger partial charge in [-0.3, -0.25) is 14.5 Å². The second-order valence-corrected chi connectivity index (χ2v) is 6.25. The number of ether oxygens (including phenoxy) is 1. The van der Waals surface area contributed by atoms with Crippen molar-refractivity contribution >= 4 is 17.5 Å². The molecule has 1 aromatic heterocycles. The Morgan fingerprint density at radius 2 is 2.12 bits per heavy atom. The number of benzene rings is 1. The minimum absolute atomic E-state index is 0.00614. The number of aryl methyl sites for hydroxylation is 1. The quantitative estimate of drug-likeness (QED) is 0.936. The Morgan fingerprint density at radius 1 is 1.29 bits per heavy atom. The topological polar surface area (TPSA) is 71.8 Å². The Kier molecular flexibility index (Phi) is 3.52. The molecule has 1 fully saturated rings. The van der Waals surface area contributed by atoms with Gasteiger partial charge in [0.15, 0.2) is 12.4 Å². The van der Waals surface area contributed by atoms with Gasteiger partial charge >= 0.3 is 0 Å². The highest BCUT2D eigenvalue weighted by molar-refractivity contribution is 5.97. The van der Waals surface area contributed by atoms with E-state index in [2.05, 4.69) is 5.32 Å². The van der Waals surface area contributed by atoms with Crippen LogP contribution in [-0.4, -0.2) is 24.5 Å². The molecule has 1 aliphatic carbocycles. The smallest absolute Gasteiger partial charge is 0.287 e. The number of rotatable bonds is 4. The van der Waals surface area contributed by atoms with Crippen molar-refractivity contribution in [3.63, 3.8) is 0 Å². The fraction of sp³-hybridized carbons (Fsp3) is 0.333. The molecule has 0 saturated heterocycles. The number of nitrogens with zero attached hydrogens (tertiary/aromatic N) is 1. The molecule has 2 amide bonds. The van der Waals surface area contributed by atoms with Crippen molar-refractivity contribution < 1.29 is 18.7 Å². The molecule has 2 heterocycles. The van der Waals surface area contributed by atoms with E-state index < -0.39 is 0 Å². The van der Waals surface area contributed by atoms with Crippen LogP contribution in [-0.2, 0) is 11.3 Å². The van der Waals surface area contributed by atoms with Crippen LogP contribution in [0, 0.1) is 6.92 Å². The third-order valence-corrected chi connectivity index (χ3v) is 4.17. The van der Waals surface area contributed by atoms with E-state index >= 15 is 0 Å². The number of nitrogens with one attached hydrogen (secondary N) is 1. The molecule has 0 radical (unpaired) electrons. The Morgan fingerprint density at radius 3 is 2.92 bits per heavy atom. The first-order chi connectivity index (χ1) is 11.6. The van der Waals surface area contributed by atoms with E-state index in [9.17, 15) is 9.59 Å². The van der Waals surface area contributed by atoms with Gasteiger partial charge < -0.3 is 14.5 Å². The Hall–Kier alpha value is -2.76. The highest BCUT2D eigenvalue weighted by atomic mass is 16.5. The third-order valence-electron chi connectivity index (χ3n) is 4.17. The summed E-state index contributed by atoms with van der Waals surface area (Å²) in [4.78, 5) is 25.8. The van der Waals surface area contributed by atoms with Crippen LogP contribution in [0.5, 0.6) is 5.75 Å². The van der Waals surface area contributed by atoms with Crippen LogP contribution in [0.15, 0.2) is 34.7 Å². The molecule has 6 nitrogen and oxygen atoms in total. The molecule has 24 heavy (non-hydrogen) atoms. The monoisotopic (exact) mass is 326 g/mol. The molecule has 0 bridgehead atoms. The maximum Gasteiger partial charge on any atom is 0.287 e. The normalized spacial score (nSPS) is 16.5. The Labute approximate surface area is 139 Å². The van der Waals surface area contributed by atoms with Crippen molar-refractivity contribution in [1.82, 2.24) is 5.32 Å². The van der Waals surface area contributed by atoms with Gasteiger partial charge in [0.25, 0.3) is 11.8 Å². The molecule has 0 unspecified atom stereocenters. The second-order valence-electron chi connectivity index (χ2n) is 6.25. The summed E-state index contributed by atoms with van der Waals surface area (Å²) in [5.41, 5.74) is 1.79.